The van der Waals surface area contributed by atoms with Crippen LogP contribution >= 0.6 is 0 Å². The Morgan fingerprint density at radius 1 is 1.15 bits per heavy atom. The number of amides is 1. The van der Waals surface area contributed by atoms with Crippen LogP contribution in [-0.2, 0) is 7.05 Å². The van der Waals surface area contributed by atoms with E-state index in [-0.39, 0.29) is 11.5 Å². The summed E-state index contributed by atoms with van der Waals surface area (Å²) in [6.45, 7) is 0. The minimum Gasteiger partial charge on any atom is -0.347 e. The normalized spacial score (nSPS) is 11.3. The van der Waals surface area contributed by atoms with Gasteiger partial charge >= 0.3 is 0 Å². The molecular weight excluding hydrogens is 350 g/mol. The van der Waals surface area contributed by atoms with E-state index in [1.807, 2.05) is 0 Å². The quantitative estimate of drug-likeness (QED) is 0.547. The van der Waals surface area contributed by atoms with Gasteiger partial charge in [0.15, 0.2) is 0 Å². The lowest BCUT2D eigenvalue weighted by molar-refractivity contribution is 0.101. The number of hydrogen-bond acceptors (Lipinski definition) is 2. The van der Waals surface area contributed by atoms with Crippen molar-refractivity contribution in [3.63, 3.8) is 0 Å². The van der Waals surface area contributed by atoms with Gasteiger partial charge in [0.25, 0.3) is 12.3 Å². The molecule has 0 unspecified atom stereocenters. The van der Waals surface area contributed by atoms with E-state index < -0.39 is 6.43 Å². The number of anilines is 1. The molecule has 136 valence electrons. The van der Waals surface area contributed by atoms with Crippen molar-refractivity contribution >= 4 is 22.8 Å². The minimum absolute atomic E-state index is 0.0405. The van der Waals surface area contributed by atoms with Crippen LogP contribution in [0.1, 0.15) is 22.5 Å². The Bertz CT molecular complexity index is 1130. The fraction of sp³-hybridized carbons (Fsp3) is 0.100. The van der Waals surface area contributed by atoms with E-state index in [2.05, 4.69) is 15.3 Å². The number of halogens is 2. The molecule has 2 N–H and O–H groups in total. The van der Waals surface area contributed by atoms with Crippen molar-refractivity contribution in [3.8, 4) is 11.3 Å². The van der Waals surface area contributed by atoms with Crippen LogP contribution in [0.5, 0.6) is 0 Å². The Morgan fingerprint density at radius 3 is 2.70 bits per heavy atom. The molecule has 0 aliphatic carbocycles. The summed E-state index contributed by atoms with van der Waals surface area (Å²) >= 11 is 0. The number of aromatic nitrogens is 3. The number of benzene rings is 1. The molecular formula is C20H16F2N4O. The Labute approximate surface area is 153 Å². The third kappa shape index (κ3) is 3.19. The molecule has 0 saturated heterocycles. The number of aromatic amines is 1. The van der Waals surface area contributed by atoms with Gasteiger partial charge in [0.2, 0.25) is 0 Å². The highest BCUT2D eigenvalue weighted by Gasteiger charge is 2.16. The second-order valence-electron chi connectivity index (χ2n) is 6.16. The monoisotopic (exact) mass is 366 g/mol. The number of fused-ring (bicyclic) bond motifs is 1. The molecule has 27 heavy (non-hydrogen) atoms. The SMILES string of the molecule is Cn1cccc1C(=O)Nc1ccc2cc(-c3ccccc3C(F)F)[nH]c2n1. The van der Waals surface area contributed by atoms with Crippen LogP contribution in [0.2, 0.25) is 0 Å². The largest absolute Gasteiger partial charge is 0.347 e. The summed E-state index contributed by atoms with van der Waals surface area (Å²) in [5, 5.41) is 3.51. The van der Waals surface area contributed by atoms with Crippen LogP contribution < -0.4 is 5.32 Å². The molecule has 7 heteroatoms. The van der Waals surface area contributed by atoms with Gasteiger partial charge in [-0.05, 0) is 30.3 Å². The summed E-state index contributed by atoms with van der Waals surface area (Å²) in [7, 11) is 1.78. The Kier molecular flexibility index (Phi) is 4.19. The highest BCUT2D eigenvalue weighted by Crippen LogP contribution is 2.32. The molecule has 4 rings (SSSR count). The number of nitrogens with one attached hydrogen (secondary N) is 2. The van der Waals surface area contributed by atoms with Crippen molar-refractivity contribution < 1.29 is 13.6 Å². The average Bonchev–Trinajstić information content (AvgIpc) is 3.27. The maximum Gasteiger partial charge on any atom is 0.273 e. The molecule has 0 radical (unpaired) electrons. The van der Waals surface area contributed by atoms with Gasteiger partial charge in [-0.15, -0.1) is 0 Å². The van der Waals surface area contributed by atoms with Gasteiger partial charge in [-0.25, -0.2) is 13.8 Å². The summed E-state index contributed by atoms with van der Waals surface area (Å²) in [6.07, 6.45) is -0.788. The van der Waals surface area contributed by atoms with E-state index in [1.165, 1.54) is 6.07 Å². The van der Waals surface area contributed by atoms with Gasteiger partial charge in [-0.1, -0.05) is 24.3 Å². The fourth-order valence-corrected chi connectivity index (χ4v) is 3.03. The number of nitrogens with zero attached hydrogens (tertiary/aromatic N) is 2. The highest BCUT2D eigenvalue weighted by molar-refractivity contribution is 6.03. The molecule has 3 aromatic heterocycles. The molecule has 5 nitrogen and oxygen atoms in total. The zero-order valence-corrected chi connectivity index (χ0v) is 14.4. The number of pyridine rings is 1. The van der Waals surface area contributed by atoms with Crippen LogP contribution in [-0.4, -0.2) is 20.4 Å². The van der Waals surface area contributed by atoms with E-state index in [4.69, 9.17) is 0 Å². The van der Waals surface area contributed by atoms with Crippen LogP contribution in [0.4, 0.5) is 14.6 Å². The van der Waals surface area contributed by atoms with Crippen LogP contribution in [0.15, 0.2) is 60.8 Å². The standard InChI is InChI=1S/C20H16F2N4O/c1-26-10-4-7-16(26)20(27)25-17-9-8-12-11-15(23-19(12)24-17)13-5-2-3-6-14(13)18(21)22/h2-11,18H,1H3,(H2,23,24,25,27). The average molecular weight is 366 g/mol. The molecule has 0 atom stereocenters. The van der Waals surface area contributed by atoms with E-state index >= 15 is 0 Å². The molecule has 4 aromatic rings. The van der Waals surface area contributed by atoms with Gasteiger partial charge in [-0.2, -0.15) is 0 Å². The minimum atomic E-state index is -2.57. The molecule has 0 fully saturated rings. The van der Waals surface area contributed by atoms with E-state index in [0.717, 1.165) is 5.39 Å². The number of aryl methyl sites for hydroxylation is 1. The summed E-state index contributed by atoms with van der Waals surface area (Å²) in [5.74, 6) is 0.105. The van der Waals surface area contributed by atoms with Crippen molar-refractivity contribution in [2.45, 2.75) is 6.43 Å². The maximum absolute atomic E-state index is 13.3. The molecule has 0 aliphatic rings. The van der Waals surface area contributed by atoms with Gasteiger partial charge in [0.05, 0.1) is 0 Å². The Hall–Kier alpha value is -3.48. The van der Waals surface area contributed by atoms with Crippen LogP contribution in [0.3, 0.4) is 0 Å². The maximum atomic E-state index is 13.3. The number of carbonyl (C=O) groups excluding carboxylic acids is 1. The number of alkyl halides is 2. The molecule has 0 spiro atoms. The summed E-state index contributed by atoms with van der Waals surface area (Å²) in [5.41, 5.74) is 1.97. The second kappa shape index (κ2) is 6.68. The number of H-pyrrole nitrogens is 1. The van der Waals surface area contributed by atoms with E-state index in [0.29, 0.717) is 28.4 Å². The lowest BCUT2D eigenvalue weighted by Crippen LogP contribution is -2.16. The smallest absolute Gasteiger partial charge is 0.273 e. The number of carbonyl (C=O) groups is 1. The van der Waals surface area contributed by atoms with Crippen molar-refractivity contribution in [2.24, 2.45) is 7.05 Å². The van der Waals surface area contributed by atoms with Gasteiger partial charge in [-0.3, -0.25) is 4.79 Å². The van der Waals surface area contributed by atoms with Crippen molar-refractivity contribution in [1.82, 2.24) is 14.5 Å². The molecule has 3 heterocycles. The Balaban J connectivity index is 1.67. The summed E-state index contributed by atoms with van der Waals surface area (Å²) in [6, 6.07) is 15.1. The molecule has 0 aliphatic heterocycles. The lowest BCUT2D eigenvalue weighted by Gasteiger charge is -2.06. The van der Waals surface area contributed by atoms with Crippen molar-refractivity contribution in [3.05, 3.63) is 72.1 Å². The summed E-state index contributed by atoms with van der Waals surface area (Å²) < 4.78 is 28.2. The fourth-order valence-electron chi connectivity index (χ4n) is 3.03. The molecule has 0 bridgehead atoms. The van der Waals surface area contributed by atoms with E-state index in [9.17, 15) is 13.6 Å². The predicted molar refractivity (Wildman–Crippen MR) is 99.9 cm³/mol. The van der Waals surface area contributed by atoms with Crippen molar-refractivity contribution in [2.75, 3.05) is 5.32 Å². The number of rotatable bonds is 4. The highest BCUT2D eigenvalue weighted by atomic mass is 19.3. The van der Waals surface area contributed by atoms with Gasteiger partial charge in [0.1, 0.15) is 17.2 Å². The Morgan fingerprint density at radius 2 is 1.96 bits per heavy atom. The predicted octanol–water partition coefficient (Wildman–Crippen LogP) is 4.76. The van der Waals surface area contributed by atoms with Crippen LogP contribution in [0, 0.1) is 0 Å². The topological polar surface area (TPSA) is 62.7 Å². The first kappa shape index (κ1) is 17.0. The molecule has 0 saturated carbocycles. The number of hydrogen-bond donors (Lipinski definition) is 2. The van der Waals surface area contributed by atoms with Crippen molar-refractivity contribution in [1.29, 1.82) is 0 Å². The lowest BCUT2D eigenvalue weighted by atomic mass is 10.1. The third-order valence-corrected chi connectivity index (χ3v) is 4.38. The van der Waals surface area contributed by atoms with Gasteiger partial charge in [0, 0.05) is 35.5 Å². The van der Waals surface area contributed by atoms with E-state index in [1.54, 1.807) is 66.3 Å². The zero-order valence-electron chi connectivity index (χ0n) is 14.4. The van der Waals surface area contributed by atoms with Gasteiger partial charge < -0.3 is 14.9 Å². The summed E-state index contributed by atoms with van der Waals surface area (Å²) in [4.78, 5) is 19.8. The first-order valence-electron chi connectivity index (χ1n) is 8.33. The molecule has 1 amide bonds. The second-order valence-corrected chi connectivity index (χ2v) is 6.16. The first-order chi connectivity index (χ1) is 13.0. The van der Waals surface area contributed by atoms with Crippen LogP contribution in [0.25, 0.3) is 22.3 Å². The first-order valence-corrected chi connectivity index (χ1v) is 8.33. The third-order valence-electron chi connectivity index (χ3n) is 4.38. The zero-order chi connectivity index (χ0) is 19.0. The molecule has 1 aromatic carbocycles.